The minimum absolute atomic E-state index is 0.0349. The van der Waals surface area contributed by atoms with E-state index in [1.165, 1.54) is 0 Å². The van der Waals surface area contributed by atoms with Crippen molar-refractivity contribution < 1.29 is 5.11 Å². The number of rotatable bonds is 5. The van der Waals surface area contributed by atoms with E-state index in [1.807, 2.05) is 65.7 Å². The summed E-state index contributed by atoms with van der Waals surface area (Å²) in [6.07, 6.45) is 9.72. The van der Waals surface area contributed by atoms with E-state index in [4.69, 9.17) is 15.1 Å². The van der Waals surface area contributed by atoms with Crippen LogP contribution in [-0.4, -0.2) is 34.4 Å². The number of aliphatic hydroxyl groups is 1. The molecule has 0 spiro atoms. The van der Waals surface area contributed by atoms with Gasteiger partial charge in [0.05, 0.1) is 35.7 Å². The molecule has 7 heteroatoms. The summed E-state index contributed by atoms with van der Waals surface area (Å²) in [7, 11) is 0. The van der Waals surface area contributed by atoms with Crippen molar-refractivity contribution in [3.05, 3.63) is 88.8 Å². The quantitative estimate of drug-likeness (QED) is 0.520. The van der Waals surface area contributed by atoms with E-state index in [9.17, 15) is 5.11 Å². The molecule has 1 N–H and O–H groups in total. The van der Waals surface area contributed by atoms with E-state index in [1.54, 1.807) is 6.33 Å². The maximum atomic E-state index is 9.76. The molecule has 4 aromatic rings. The number of fused-ring (bicyclic) bond motifs is 1. The lowest BCUT2D eigenvalue weighted by Gasteiger charge is -2.24. The molecule has 1 atom stereocenters. The van der Waals surface area contributed by atoms with Gasteiger partial charge >= 0.3 is 0 Å². The zero-order valence-electron chi connectivity index (χ0n) is 18.3. The SMILES string of the molecule is Cc1cn(-c2ccc(/C=C/c3nc4n(n3)CCC[C@H]4c3ccccc3CO)nc2C)cn1. The predicted molar refractivity (Wildman–Crippen MR) is 123 cm³/mol. The number of imidazole rings is 1. The minimum Gasteiger partial charge on any atom is -0.392 e. The zero-order valence-corrected chi connectivity index (χ0v) is 18.3. The molecule has 7 nitrogen and oxygen atoms in total. The Balaban J connectivity index is 1.40. The number of aromatic nitrogens is 6. The standard InChI is InChI=1S/C25H26N6O/c1-17-14-30(16-26-17)23-11-9-20(27-18(23)2)10-12-24-28-25-22(8-5-13-31(25)29-24)21-7-4-3-6-19(21)15-32/h3-4,6-7,9-12,14,16,22,32H,5,8,13,15H2,1-2H3/b12-10+/t22-/m0/s1. The van der Waals surface area contributed by atoms with Crippen molar-refractivity contribution in [2.45, 2.75) is 45.8 Å². The molecule has 3 aromatic heterocycles. The molecule has 0 aliphatic carbocycles. The van der Waals surface area contributed by atoms with E-state index < -0.39 is 0 Å². The second kappa shape index (κ2) is 8.51. The number of pyridine rings is 1. The van der Waals surface area contributed by atoms with Gasteiger partial charge in [-0.25, -0.2) is 14.6 Å². The van der Waals surface area contributed by atoms with Gasteiger partial charge in [0.2, 0.25) is 0 Å². The molecule has 0 saturated carbocycles. The number of hydrogen-bond donors (Lipinski definition) is 1. The number of benzene rings is 1. The van der Waals surface area contributed by atoms with Gasteiger partial charge in [-0.2, -0.15) is 5.10 Å². The fourth-order valence-corrected chi connectivity index (χ4v) is 4.40. The average Bonchev–Trinajstić information content (AvgIpc) is 3.43. The molecule has 1 aromatic carbocycles. The van der Waals surface area contributed by atoms with E-state index in [0.717, 1.165) is 59.1 Å². The fourth-order valence-electron chi connectivity index (χ4n) is 4.40. The maximum Gasteiger partial charge on any atom is 0.174 e. The Bertz CT molecular complexity index is 1290. The molecule has 4 heterocycles. The van der Waals surface area contributed by atoms with E-state index in [0.29, 0.717) is 5.82 Å². The normalized spacial score (nSPS) is 15.9. The summed E-state index contributed by atoms with van der Waals surface area (Å²) in [6, 6.07) is 12.1. The zero-order chi connectivity index (χ0) is 22.1. The first-order valence-electron chi connectivity index (χ1n) is 10.9. The van der Waals surface area contributed by atoms with E-state index in [2.05, 4.69) is 17.1 Å². The van der Waals surface area contributed by atoms with Crippen LogP contribution in [0.25, 0.3) is 17.8 Å². The fraction of sp³-hybridized carbons (Fsp3) is 0.280. The molecule has 0 unspecified atom stereocenters. The first kappa shape index (κ1) is 20.3. The molecule has 0 radical (unpaired) electrons. The van der Waals surface area contributed by atoms with Gasteiger partial charge in [-0.05, 0) is 62.1 Å². The van der Waals surface area contributed by atoms with Gasteiger partial charge in [-0.15, -0.1) is 0 Å². The maximum absolute atomic E-state index is 9.76. The Morgan fingerprint density at radius 2 is 1.97 bits per heavy atom. The van der Waals surface area contributed by atoms with Crippen LogP contribution in [0.5, 0.6) is 0 Å². The van der Waals surface area contributed by atoms with Crippen molar-refractivity contribution in [1.82, 2.24) is 29.3 Å². The highest BCUT2D eigenvalue weighted by Gasteiger charge is 2.26. The Labute approximate surface area is 187 Å². The molecule has 0 saturated heterocycles. The van der Waals surface area contributed by atoms with Crippen LogP contribution in [0.4, 0.5) is 0 Å². The molecule has 0 fully saturated rings. The minimum atomic E-state index is 0.0349. The summed E-state index contributed by atoms with van der Waals surface area (Å²) in [5, 5.41) is 14.5. The summed E-state index contributed by atoms with van der Waals surface area (Å²) in [5.74, 6) is 1.80. The summed E-state index contributed by atoms with van der Waals surface area (Å²) in [6.45, 7) is 4.87. The lowest BCUT2D eigenvalue weighted by Crippen LogP contribution is -2.19. The largest absolute Gasteiger partial charge is 0.392 e. The van der Waals surface area contributed by atoms with Crippen molar-refractivity contribution >= 4 is 12.2 Å². The third kappa shape index (κ3) is 3.87. The van der Waals surface area contributed by atoms with Crippen LogP contribution < -0.4 is 0 Å². The average molecular weight is 427 g/mol. The third-order valence-electron chi connectivity index (χ3n) is 5.96. The smallest absolute Gasteiger partial charge is 0.174 e. The molecule has 0 bridgehead atoms. The van der Waals surface area contributed by atoms with Crippen molar-refractivity contribution in [1.29, 1.82) is 0 Å². The lowest BCUT2D eigenvalue weighted by molar-refractivity contribution is 0.279. The van der Waals surface area contributed by atoms with Crippen LogP contribution in [0, 0.1) is 13.8 Å². The van der Waals surface area contributed by atoms with Crippen LogP contribution >= 0.6 is 0 Å². The molecule has 5 rings (SSSR count). The van der Waals surface area contributed by atoms with Crippen LogP contribution in [0.2, 0.25) is 0 Å². The van der Waals surface area contributed by atoms with Crippen LogP contribution in [0.1, 0.15) is 58.6 Å². The van der Waals surface area contributed by atoms with Gasteiger partial charge in [-0.3, -0.25) is 4.98 Å². The number of hydrogen-bond acceptors (Lipinski definition) is 5. The Morgan fingerprint density at radius 3 is 2.75 bits per heavy atom. The first-order valence-corrected chi connectivity index (χ1v) is 10.9. The van der Waals surface area contributed by atoms with Gasteiger partial charge in [0.15, 0.2) is 5.82 Å². The third-order valence-corrected chi connectivity index (χ3v) is 5.96. The Hall–Kier alpha value is -3.58. The molecular weight excluding hydrogens is 400 g/mol. The number of aryl methyl sites for hydroxylation is 3. The summed E-state index contributed by atoms with van der Waals surface area (Å²) < 4.78 is 3.99. The van der Waals surface area contributed by atoms with Crippen molar-refractivity contribution in [2.75, 3.05) is 0 Å². The molecule has 1 aliphatic rings. The van der Waals surface area contributed by atoms with Gasteiger partial charge in [0.1, 0.15) is 5.82 Å². The Kier molecular flexibility index (Phi) is 5.41. The van der Waals surface area contributed by atoms with E-state index in [-0.39, 0.29) is 12.5 Å². The highest BCUT2D eigenvalue weighted by molar-refractivity contribution is 5.65. The monoisotopic (exact) mass is 426 g/mol. The Morgan fingerprint density at radius 1 is 1.09 bits per heavy atom. The summed E-state index contributed by atoms with van der Waals surface area (Å²) in [4.78, 5) is 13.8. The molecule has 1 aliphatic heterocycles. The van der Waals surface area contributed by atoms with E-state index >= 15 is 0 Å². The van der Waals surface area contributed by atoms with Crippen LogP contribution in [0.3, 0.4) is 0 Å². The molecular formula is C25H26N6O. The van der Waals surface area contributed by atoms with Gasteiger partial charge in [0.25, 0.3) is 0 Å². The van der Waals surface area contributed by atoms with Crippen molar-refractivity contribution in [2.24, 2.45) is 0 Å². The van der Waals surface area contributed by atoms with Gasteiger partial charge < -0.3 is 9.67 Å². The summed E-state index contributed by atoms with van der Waals surface area (Å²) >= 11 is 0. The summed E-state index contributed by atoms with van der Waals surface area (Å²) in [5.41, 5.74) is 5.88. The predicted octanol–water partition coefficient (Wildman–Crippen LogP) is 4.06. The van der Waals surface area contributed by atoms with Gasteiger partial charge in [-0.1, -0.05) is 24.3 Å². The van der Waals surface area contributed by atoms with Crippen molar-refractivity contribution in [3.63, 3.8) is 0 Å². The second-order valence-electron chi connectivity index (χ2n) is 8.20. The van der Waals surface area contributed by atoms with Gasteiger partial charge in [0, 0.05) is 18.7 Å². The van der Waals surface area contributed by atoms with Crippen LogP contribution in [-0.2, 0) is 13.2 Å². The first-order chi connectivity index (χ1) is 15.6. The second-order valence-corrected chi connectivity index (χ2v) is 8.20. The van der Waals surface area contributed by atoms with Crippen LogP contribution in [0.15, 0.2) is 48.9 Å². The molecule has 0 amide bonds. The molecule has 162 valence electrons. The highest BCUT2D eigenvalue weighted by atomic mass is 16.3. The highest BCUT2D eigenvalue weighted by Crippen LogP contribution is 2.34. The number of aliphatic hydroxyl groups excluding tert-OH is 1. The number of nitrogens with zero attached hydrogens (tertiary/aromatic N) is 6. The topological polar surface area (TPSA) is 81.7 Å². The lowest BCUT2D eigenvalue weighted by atomic mass is 9.88. The van der Waals surface area contributed by atoms with Crippen molar-refractivity contribution in [3.8, 4) is 5.69 Å². The molecule has 32 heavy (non-hydrogen) atoms.